The molecule has 196 valence electrons. The molecule has 2 aromatic heterocycles. The van der Waals surface area contributed by atoms with Gasteiger partial charge in [-0.2, -0.15) is 0 Å². The molecule has 5 heterocycles. The maximum Gasteiger partial charge on any atom is 0.322 e. The highest BCUT2D eigenvalue weighted by molar-refractivity contribution is 6.04. The van der Waals surface area contributed by atoms with E-state index in [2.05, 4.69) is 20.9 Å². The molecule has 2 fully saturated rings. The van der Waals surface area contributed by atoms with Crippen LogP contribution in [0.5, 0.6) is 5.75 Å². The molecule has 0 spiro atoms. The van der Waals surface area contributed by atoms with Gasteiger partial charge in [-0.1, -0.05) is 6.07 Å². The minimum atomic E-state index is -0.762. The average Bonchev–Trinajstić information content (AvgIpc) is 3.49. The number of carbonyl (C=O) groups excluding carboxylic acids is 3. The van der Waals surface area contributed by atoms with Gasteiger partial charge in [-0.05, 0) is 62.2 Å². The molecular formula is C26H31N5O6. The van der Waals surface area contributed by atoms with Crippen molar-refractivity contribution in [2.75, 3.05) is 27.2 Å². The van der Waals surface area contributed by atoms with E-state index >= 15 is 0 Å². The fourth-order valence-electron chi connectivity index (χ4n) is 4.20. The van der Waals surface area contributed by atoms with Crippen molar-refractivity contribution in [2.24, 2.45) is 0 Å². The van der Waals surface area contributed by atoms with Crippen LogP contribution >= 0.6 is 0 Å². The number of aliphatic hydroxyl groups is 1. The summed E-state index contributed by atoms with van der Waals surface area (Å²) in [5.41, 5.74) is 3.09. The van der Waals surface area contributed by atoms with Crippen molar-refractivity contribution < 1.29 is 28.6 Å². The summed E-state index contributed by atoms with van der Waals surface area (Å²) in [6, 6.07) is 9.47. The lowest BCUT2D eigenvalue weighted by atomic mass is 10.1. The third-order valence-electron chi connectivity index (χ3n) is 6.21. The molecule has 0 radical (unpaired) electrons. The molecule has 4 N–H and O–H groups in total. The highest BCUT2D eigenvalue weighted by Crippen LogP contribution is 2.25. The van der Waals surface area contributed by atoms with Crippen molar-refractivity contribution >= 4 is 28.9 Å². The number of carbonyl (C=O) groups is 3. The summed E-state index contributed by atoms with van der Waals surface area (Å²) < 4.78 is 10.5. The lowest BCUT2D eigenvalue weighted by Gasteiger charge is -2.04. The molecule has 0 aliphatic carbocycles. The summed E-state index contributed by atoms with van der Waals surface area (Å²) in [6.07, 6.45) is 4.63. The zero-order chi connectivity index (χ0) is 26.4. The molecule has 3 aliphatic heterocycles. The van der Waals surface area contributed by atoms with Crippen LogP contribution in [0.15, 0.2) is 47.0 Å². The van der Waals surface area contributed by atoms with E-state index < -0.39 is 18.0 Å². The van der Waals surface area contributed by atoms with E-state index in [9.17, 15) is 14.4 Å². The number of benzene rings is 1. The first-order valence-corrected chi connectivity index (χ1v) is 12.1. The number of hydrogen-bond acceptors (Lipinski definition) is 8. The van der Waals surface area contributed by atoms with E-state index in [1.165, 1.54) is 0 Å². The van der Waals surface area contributed by atoms with Crippen LogP contribution in [0.3, 0.4) is 0 Å². The van der Waals surface area contributed by atoms with Crippen molar-refractivity contribution in [3.63, 3.8) is 0 Å². The number of methoxy groups -OCH3 is 1. The summed E-state index contributed by atoms with van der Waals surface area (Å²) in [5.74, 6) is 0.789. The Kier molecular flexibility index (Phi) is 8.36. The van der Waals surface area contributed by atoms with Gasteiger partial charge in [-0.25, -0.2) is 4.79 Å². The monoisotopic (exact) mass is 509 g/mol. The van der Waals surface area contributed by atoms with Crippen LogP contribution in [-0.4, -0.2) is 66.2 Å². The SMILES string of the molecule is COc1ccc2c(c1)C(=O)N(C)C2.O=C1NC(=O)C(c2cc3ncccc3o2)N1.OC1CCCNCC1. The molecular weight excluding hydrogens is 478 g/mol. The minimum Gasteiger partial charge on any atom is -0.497 e. The molecule has 2 saturated heterocycles. The van der Waals surface area contributed by atoms with Gasteiger partial charge in [0.25, 0.3) is 11.8 Å². The Bertz CT molecular complexity index is 1230. The fraction of sp³-hybridized carbons (Fsp3) is 0.385. The number of nitrogens with zero attached hydrogens (tertiary/aromatic N) is 2. The lowest BCUT2D eigenvalue weighted by molar-refractivity contribution is -0.120. The van der Waals surface area contributed by atoms with Gasteiger partial charge in [0.1, 0.15) is 17.0 Å². The molecule has 3 aromatic rings. The first kappa shape index (κ1) is 26.1. The second-order valence-corrected chi connectivity index (χ2v) is 8.95. The third-order valence-corrected chi connectivity index (χ3v) is 6.21. The average molecular weight is 510 g/mol. The summed E-state index contributed by atoms with van der Waals surface area (Å²) in [4.78, 5) is 39.7. The zero-order valence-corrected chi connectivity index (χ0v) is 20.8. The Morgan fingerprint density at radius 1 is 1.14 bits per heavy atom. The van der Waals surface area contributed by atoms with Gasteiger partial charge in [0.2, 0.25) is 0 Å². The highest BCUT2D eigenvalue weighted by Gasteiger charge is 2.33. The molecule has 2 unspecified atom stereocenters. The summed E-state index contributed by atoms with van der Waals surface area (Å²) >= 11 is 0. The number of pyridine rings is 1. The molecule has 11 heteroatoms. The maximum absolute atomic E-state index is 11.5. The Hall–Kier alpha value is -3.96. The van der Waals surface area contributed by atoms with Crippen LogP contribution in [0, 0.1) is 0 Å². The van der Waals surface area contributed by atoms with Crippen LogP contribution < -0.4 is 20.7 Å². The number of imide groups is 1. The van der Waals surface area contributed by atoms with Crippen molar-refractivity contribution in [2.45, 2.75) is 38.0 Å². The predicted molar refractivity (Wildman–Crippen MR) is 135 cm³/mol. The maximum atomic E-state index is 11.5. The van der Waals surface area contributed by atoms with Crippen molar-refractivity contribution in [3.8, 4) is 5.75 Å². The largest absolute Gasteiger partial charge is 0.497 e. The number of hydrogen-bond donors (Lipinski definition) is 4. The van der Waals surface area contributed by atoms with Gasteiger partial charge in [0, 0.05) is 31.4 Å². The quantitative estimate of drug-likeness (QED) is 0.384. The number of furan rings is 1. The molecule has 6 rings (SSSR count). The minimum absolute atomic E-state index is 0.0370. The van der Waals surface area contributed by atoms with E-state index in [0.717, 1.165) is 49.2 Å². The molecule has 1 aromatic carbocycles. The molecule has 2 atom stereocenters. The molecule has 37 heavy (non-hydrogen) atoms. The van der Waals surface area contributed by atoms with Gasteiger partial charge in [-0.3, -0.25) is 19.9 Å². The standard InChI is InChI=1S/C10H7N3O3.C10H11NO2.C6H13NO/c14-9-8(12-10(15)13-9)7-4-5-6(16-7)2-1-3-11-5;1-11-6-7-3-4-8(13-2)5-9(7)10(11)12;8-6-2-1-4-7-5-3-6/h1-4,8H,(H2,12,13,14,15);3-5H,6H2,1-2H3;6-8H,1-5H2. The Morgan fingerprint density at radius 3 is 2.70 bits per heavy atom. The summed E-state index contributed by atoms with van der Waals surface area (Å²) in [7, 11) is 3.40. The lowest BCUT2D eigenvalue weighted by Crippen LogP contribution is -2.22. The van der Waals surface area contributed by atoms with Crippen LogP contribution in [-0.2, 0) is 11.3 Å². The van der Waals surface area contributed by atoms with E-state index in [0.29, 0.717) is 23.4 Å². The third kappa shape index (κ3) is 6.43. The van der Waals surface area contributed by atoms with Crippen LogP contribution in [0.25, 0.3) is 11.1 Å². The van der Waals surface area contributed by atoms with Gasteiger partial charge in [-0.15, -0.1) is 0 Å². The molecule has 0 saturated carbocycles. The van der Waals surface area contributed by atoms with Gasteiger partial charge < -0.3 is 29.8 Å². The van der Waals surface area contributed by atoms with Crippen molar-refractivity contribution in [3.05, 3.63) is 59.5 Å². The van der Waals surface area contributed by atoms with Crippen LogP contribution in [0.1, 0.15) is 47.0 Å². The van der Waals surface area contributed by atoms with Crippen molar-refractivity contribution in [1.82, 2.24) is 25.8 Å². The normalized spacial score (nSPS) is 20.6. The first-order valence-electron chi connectivity index (χ1n) is 12.1. The Labute approximate surface area is 214 Å². The van der Waals surface area contributed by atoms with Crippen LogP contribution in [0.4, 0.5) is 4.79 Å². The number of urea groups is 1. The number of amides is 4. The Morgan fingerprint density at radius 2 is 1.97 bits per heavy atom. The van der Waals surface area contributed by atoms with Crippen molar-refractivity contribution in [1.29, 1.82) is 0 Å². The topological polar surface area (TPSA) is 146 Å². The zero-order valence-electron chi connectivity index (χ0n) is 20.8. The Balaban J connectivity index is 0.000000137. The van der Waals surface area contributed by atoms with E-state index in [1.54, 1.807) is 49.5 Å². The molecule has 4 amide bonds. The molecule has 11 nitrogen and oxygen atoms in total. The molecule has 0 bridgehead atoms. The number of ether oxygens (including phenoxy) is 1. The van der Waals surface area contributed by atoms with E-state index in [1.807, 2.05) is 12.1 Å². The number of rotatable bonds is 2. The molecule has 3 aliphatic rings. The smallest absolute Gasteiger partial charge is 0.322 e. The summed E-state index contributed by atoms with van der Waals surface area (Å²) in [5, 5.41) is 16.9. The highest BCUT2D eigenvalue weighted by atomic mass is 16.5. The second kappa shape index (κ2) is 11.8. The fourth-order valence-corrected chi connectivity index (χ4v) is 4.20. The van der Waals surface area contributed by atoms with Gasteiger partial charge in [0.05, 0.1) is 13.2 Å². The van der Waals surface area contributed by atoms with Gasteiger partial charge >= 0.3 is 6.03 Å². The number of nitrogens with one attached hydrogen (secondary N) is 3. The second-order valence-electron chi connectivity index (χ2n) is 8.95. The number of fused-ring (bicyclic) bond motifs is 2. The predicted octanol–water partition coefficient (Wildman–Crippen LogP) is 2.11. The number of aliphatic hydroxyl groups excluding tert-OH is 1. The summed E-state index contributed by atoms with van der Waals surface area (Å²) in [6.45, 7) is 2.77. The first-order chi connectivity index (χ1) is 17.9. The van der Waals surface area contributed by atoms with E-state index in [-0.39, 0.29) is 12.0 Å². The number of aromatic nitrogens is 1. The van der Waals surface area contributed by atoms with Crippen LogP contribution in [0.2, 0.25) is 0 Å². The van der Waals surface area contributed by atoms with E-state index in [4.69, 9.17) is 14.3 Å². The van der Waals surface area contributed by atoms with Gasteiger partial charge in [0.15, 0.2) is 11.6 Å².